The van der Waals surface area contributed by atoms with Crippen LogP contribution in [0.5, 0.6) is 11.5 Å². The van der Waals surface area contributed by atoms with Gasteiger partial charge in [-0.3, -0.25) is 14.6 Å². The second-order valence-electron chi connectivity index (χ2n) is 13.9. The highest BCUT2D eigenvalue weighted by atomic mass is 35.5. The van der Waals surface area contributed by atoms with Crippen molar-refractivity contribution in [2.24, 2.45) is 0 Å². The minimum absolute atomic E-state index is 0.245. The van der Waals surface area contributed by atoms with Crippen molar-refractivity contribution in [1.82, 2.24) is 9.80 Å². The summed E-state index contributed by atoms with van der Waals surface area (Å²) in [4.78, 5) is 17.7. The topological polar surface area (TPSA) is 93.5 Å². The van der Waals surface area contributed by atoms with Crippen LogP contribution in [-0.4, -0.2) is 74.9 Å². The lowest BCUT2D eigenvalue weighted by Crippen LogP contribution is -2.47. The number of esters is 1. The molecule has 284 valence electrons. The van der Waals surface area contributed by atoms with Crippen molar-refractivity contribution in [3.63, 3.8) is 0 Å². The van der Waals surface area contributed by atoms with E-state index >= 15 is 0 Å². The van der Waals surface area contributed by atoms with Crippen LogP contribution in [0.3, 0.4) is 0 Å². The normalized spacial score (nSPS) is 17.1. The van der Waals surface area contributed by atoms with E-state index in [-0.39, 0.29) is 19.2 Å². The first-order valence-electron chi connectivity index (χ1n) is 18.8. The molecule has 0 radical (unpaired) electrons. The van der Waals surface area contributed by atoms with Gasteiger partial charge in [0.15, 0.2) is 0 Å². The van der Waals surface area contributed by atoms with Crippen LogP contribution in [0.2, 0.25) is 5.02 Å². The van der Waals surface area contributed by atoms with E-state index in [1.165, 1.54) is 7.11 Å². The lowest BCUT2D eigenvalue weighted by Gasteiger charge is -2.40. The first kappa shape index (κ1) is 39.3. The van der Waals surface area contributed by atoms with Gasteiger partial charge < -0.3 is 23.7 Å². The van der Waals surface area contributed by atoms with Gasteiger partial charge in [-0.25, -0.2) is 0 Å². The Balaban J connectivity index is 1.25. The standard InChI is InChI=1S/C44H50ClN3O6/c1-31-35(12-7-13-37(31)38-14-8-16-41(32(38)2)52-23-9-19-47-21-24-51-25-22-47)30-54-43(48-20-5-4-15-40(48)44(49)50-3)39-27-36(45)17-18-42(39)53-29-34-11-6-10-33(26-34)28-46/h6-8,10-14,16-18,26-27,40,43H,4-5,9,15,19-25,29-30H2,1-3H3/t40-,43-/m0/s1. The highest BCUT2D eigenvalue weighted by molar-refractivity contribution is 6.30. The highest BCUT2D eigenvalue weighted by Crippen LogP contribution is 2.39. The molecule has 2 heterocycles. The van der Waals surface area contributed by atoms with Crippen molar-refractivity contribution < 1.29 is 28.5 Å². The molecule has 2 fully saturated rings. The van der Waals surface area contributed by atoms with Gasteiger partial charge in [-0.1, -0.05) is 60.5 Å². The van der Waals surface area contributed by atoms with E-state index < -0.39 is 12.3 Å². The fraction of sp³-hybridized carbons (Fsp3) is 0.409. The van der Waals surface area contributed by atoms with Crippen LogP contribution in [0.4, 0.5) is 0 Å². The third-order valence-corrected chi connectivity index (χ3v) is 10.6. The summed E-state index contributed by atoms with van der Waals surface area (Å²) in [6.07, 6.45) is 2.77. The van der Waals surface area contributed by atoms with Gasteiger partial charge in [-0.2, -0.15) is 5.26 Å². The van der Waals surface area contributed by atoms with E-state index in [9.17, 15) is 10.1 Å². The third-order valence-electron chi connectivity index (χ3n) is 10.4. The number of likely N-dealkylation sites (tertiary alicyclic amines) is 1. The van der Waals surface area contributed by atoms with Gasteiger partial charge in [0, 0.05) is 36.8 Å². The zero-order valence-corrected chi connectivity index (χ0v) is 32.3. The van der Waals surface area contributed by atoms with Crippen molar-refractivity contribution in [2.75, 3.05) is 53.1 Å². The minimum atomic E-state index is -0.660. The molecule has 4 aromatic rings. The Kier molecular flexibility index (Phi) is 14.0. The molecule has 9 nitrogen and oxygen atoms in total. The van der Waals surface area contributed by atoms with Gasteiger partial charge in [0.05, 0.1) is 45.2 Å². The molecule has 0 aromatic heterocycles. The van der Waals surface area contributed by atoms with Crippen molar-refractivity contribution in [3.8, 4) is 28.7 Å². The molecule has 2 saturated heterocycles. The molecular formula is C44H50ClN3O6. The molecule has 2 atom stereocenters. The van der Waals surface area contributed by atoms with E-state index in [1.54, 1.807) is 12.1 Å². The van der Waals surface area contributed by atoms with Crippen LogP contribution in [0.25, 0.3) is 11.1 Å². The number of morpholine rings is 1. The first-order chi connectivity index (χ1) is 26.4. The maximum absolute atomic E-state index is 13.2. The Morgan fingerprint density at radius 1 is 0.907 bits per heavy atom. The molecule has 4 aromatic carbocycles. The lowest BCUT2D eigenvalue weighted by molar-refractivity contribution is -0.160. The summed E-state index contributed by atoms with van der Waals surface area (Å²) < 4.78 is 30.4. The molecule has 2 aliphatic heterocycles. The fourth-order valence-corrected chi connectivity index (χ4v) is 7.56. The molecule has 2 aliphatic rings. The number of nitrogens with zero attached hydrogens (tertiary/aromatic N) is 3. The van der Waals surface area contributed by atoms with Crippen LogP contribution >= 0.6 is 11.6 Å². The smallest absolute Gasteiger partial charge is 0.323 e. The highest BCUT2D eigenvalue weighted by Gasteiger charge is 2.37. The zero-order valence-electron chi connectivity index (χ0n) is 31.5. The largest absolute Gasteiger partial charge is 0.493 e. The van der Waals surface area contributed by atoms with Crippen LogP contribution in [-0.2, 0) is 32.2 Å². The maximum atomic E-state index is 13.2. The van der Waals surface area contributed by atoms with Gasteiger partial charge >= 0.3 is 5.97 Å². The molecule has 6 rings (SSSR count). The Morgan fingerprint density at radius 3 is 2.48 bits per heavy atom. The van der Waals surface area contributed by atoms with E-state index in [2.05, 4.69) is 60.0 Å². The van der Waals surface area contributed by atoms with E-state index in [0.29, 0.717) is 35.9 Å². The molecule has 0 N–H and O–H groups in total. The Labute approximate surface area is 324 Å². The molecule has 0 saturated carbocycles. The Bertz CT molecular complexity index is 1920. The molecule has 0 spiro atoms. The van der Waals surface area contributed by atoms with Crippen molar-refractivity contribution >= 4 is 17.6 Å². The molecule has 0 bridgehead atoms. The number of piperidine rings is 1. The predicted molar refractivity (Wildman–Crippen MR) is 210 cm³/mol. The van der Waals surface area contributed by atoms with Gasteiger partial charge in [-0.05, 0) is 103 Å². The average molecular weight is 752 g/mol. The zero-order chi connectivity index (χ0) is 37.9. The number of nitriles is 1. The number of carbonyl (C=O) groups is 1. The number of carbonyl (C=O) groups excluding carboxylic acids is 1. The number of halogens is 1. The lowest BCUT2D eigenvalue weighted by atomic mass is 9.93. The van der Waals surface area contributed by atoms with Gasteiger partial charge in [-0.15, -0.1) is 0 Å². The van der Waals surface area contributed by atoms with Gasteiger partial charge in [0.25, 0.3) is 0 Å². The van der Waals surface area contributed by atoms with Crippen LogP contribution < -0.4 is 9.47 Å². The summed E-state index contributed by atoms with van der Waals surface area (Å²) in [5.74, 6) is 1.18. The average Bonchev–Trinajstić information content (AvgIpc) is 3.21. The van der Waals surface area contributed by atoms with Crippen LogP contribution in [0.15, 0.2) is 78.9 Å². The van der Waals surface area contributed by atoms with Gasteiger partial charge in [0.2, 0.25) is 0 Å². The number of hydrogen-bond donors (Lipinski definition) is 0. The van der Waals surface area contributed by atoms with E-state index in [1.807, 2.05) is 36.4 Å². The van der Waals surface area contributed by atoms with Crippen molar-refractivity contribution in [3.05, 3.63) is 117 Å². The summed E-state index contributed by atoms with van der Waals surface area (Å²) in [6.45, 7) is 10.6. The van der Waals surface area contributed by atoms with Crippen molar-refractivity contribution in [2.45, 2.75) is 65.0 Å². The number of hydrogen-bond acceptors (Lipinski definition) is 9. The summed E-state index contributed by atoms with van der Waals surface area (Å²) in [5.41, 5.74) is 7.60. The molecule has 0 amide bonds. The van der Waals surface area contributed by atoms with Gasteiger partial charge in [0.1, 0.15) is 30.4 Å². The van der Waals surface area contributed by atoms with Crippen molar-refractivity contribution in [1.29, 1.82) is 5.26 Å². The first-order valence-corrected chi connectivity index (χ1v) is 19.2. The van der Waals surface area contributed by atoms with E-state index in [0.717, 1.165) is 96.8 Å². The molecule has 0 unspecified atom stereocenters. The molecular weight excluding hydrogens is 702 g/mol. The third kappa shape index (κ3) is 9.81. The fourth-order valence-electron chi connectivity index (χ4n) is 7.38. The quantitative estimate of drug-likeness (QED) is 0.0877. The summed E-state index contributed by atoms with van der Waals surface area (Å²) in [5, 5.41) is 9.94. The van der Waals surface area contributed by atoms with Crippen LogP contribution in [0, 0.1) is 25.2 Å². The number of methoxy groups -OCH3 is 1. The minimum Gasteiger partial charge on any atom is -0.493 e. The van der Waals surface area contributed by atoms with Crippen LogP contribution in [0.1, 0.15) is 65.3 Å². The number of benzene rings is 4. The molecule has 0 aliphatic carbocycles. The monoisotopic (exact) mass is 751 g/mol. The Morgan fingerprint density at radius 2 is 1.69 bits per heavy atom. The predicted octanol–water partition coefficient (Wildman–Crippen LogP) is 8.42. The van der Waals surface area contributed by atoms with E-state index in [4.69, 9.17) is 35.3 Å². The maximum Gasteiger partial charge on any atom is 0.323 e. The number of rotatable bonds is 15. The second kappa shape index (κ2) is 19.2. The Hall–Kier alpha value is -4.43. The number of ether oxygens (including phenoxy) is 5. The SMILES string of the molecule is COC(=O)[C@@H]1CCCCN1[C@@H](OCc1cccc(-c2cccc(OCCCN3CCOCC3)c2C)c1C)c1cc(Cl)ccc1OCc1cccc(C#N)c1. The summed E-state index contributed by atoms with van der Waals surface area (Å²) >= 11 is 6.64. The molecule has 10 heteroatoms. The molecule has 54 heavy (non-hydrogen) atoms. The second-order valence-corrected chi connectivity index (χ2v) is 14.3. The summed E-state index contributed by atoms with van der Waals surface area (Å²) in [6, 6.07) is 27.1. The summed E-state index contributed by atoms with van der Waals surface area (Å²) in [7, 11) is 1.43.